The van der Waals surface area contributed by atoms with Crippen molar-refractivity contribution in [2.24, 2.45) is 0 Å². The molecule has 2 aromatic heterocycles. The largest absolute Gasteiger partial charge is 0.363 e. The number of carbonyl (C=O) groups excluding carboxylic acids is 1. The summed E-state index contributed by atoms with van der Waals surface area (Å²) < 4.78 is 4.65. The maximum absolute atomic E-state index is 12.0. The Morgan fingerprint density at radius 1 is 1.35 bits per heavy atom. The SMILES string of the molecule is O=C(Nc1cnoc1)c1c[nH]c2ccccc12. The minimum Gasteiger partial charge on any atom is -0.363 e. The molecule has 0 aliphatic carbocycles. The summed E-state index contributed by atoms with van der Waals surface area (Å²) in [7, 11) is 0. The normalized spacial score (nSPS) is 10.6. The molecule has 0 unspecified atom stereocenters. The predicted octanol–water partition coefficient (Wildman–Crippen LogP) is 2.41. The number of aromatic nitrogens is 2. The summed E-state index contributed by atoms with van der Waals surface area (Å²) >= 11 is 0. The molecule has 0 fully saturated rings. The molecule has 17 heavy (non-hydrogen) atoms. The molecule has 0 aliphatic heterocycles. The van der Waals surface area contributed by atoms with Crippen LogP contribution in [0.5, 0.6) is 0 Å². The maximum atomic E-state index is 12.0. The van der Waals surface area contributed by atoms with Crippen LogP contribution in [-0.4, -0.2) is 16.0 Å². The number of rotatable bonds is 2. The van der Waals surface area contributed by atoms with E-state index >= 15 is 0 Å². The number of fused-ring (bicyclic) bond motifs is 1. The van der Waals surface area contributed by atoms with Crippen molar-refractivity contribution in [3.63, 3.8) is 0 Å². The smallest absolute Gasteiger partial charge is 0.257 e. The topological polar surface area (TPSA) is 70.9 Å². The first kappa shape index (κ1) is 9.65. The van der Waals surface area contributed by atoms with Gasteiger partial charge in [0.05, 0.1) is 11.8 Å². The molecule has 5 nitrogen and oxygen atoms in total. The zero-order chi connectivity index (χ0) is 11.7. The van der Waals surface area contributed by atoms with Gasteiger partial charge < -0.3 is 14.8 Å². The second-order valence-electron chi connectivity index (χ2n) is 3.62. The quantitative estimate of drug-likeness (QED) is 0.706. The van der Waals surface area contributed by atoms with Gasteiger partial charge in [0.2, 0.25) is 0 Å². The number of anilines is 1. The lowest BCUT2D eigenvalue weighted by Gasteiger charge is -1.99. The van der Waals surface area contributed by atoms with E-state index in [-0.39, 0.29) is 5.91 Å². The summed E-state index contributed by atoms with van der Waals surface area (Å²) in [5.41, 5.74) is 2.07. The third-order valence-corrected chi connectivity index (χ3v) is 2.52. The molecule has 1 amide bonds. The minimum absolute atomic E-state index is 0.189. The zero-order valence-electron chi connectivity index (χ0n) is 8.81. The van der Waals surface area contributed by atoms with Crippen molar-refractivity contribution in [1.29, 1.82) is 0 Å². The van der Waals surface area contributed by atoms with Gasteiger partial charge in [-0.1, -0.05) is 23.4 Å². The predicted molar refractivity (Wildman–Crippen MR) is 62.8 cm³/mol. The van der Waals surface area contributed by atoms with E-state index in [1.165, 1.54) is 12.5 Å². The van der Waals surface area contributed by atoms with Crippen LogP contribution in [0.25, 0.3) is 10.9 Å². The fourth-order valence-corrected chi connectivity index (χ4v) is 1.72. The number of H-pyrrole nitrogens is 1. The van der Waals surface area contributed by atoms with Crippen LogP contribution in [0.3, 0.4) is 0 Å². The van der Waals surface area contributed by atoms with E-state index in [0.29, 0.717) is 11.3 Å². The van der Waals surface area contributed by atoms with Crippen molar-refractivity contribution in [3.8, 4) is 0 Å². The van der Waals surface area contributed by atoms with Crippen molar-refractivity contribution in [2.75, 3.05) is 5.32 Å². The average Bonchev–Trinajstić information content (AvgIpc) is 2.96. The Labute approximate surface area is 96.4 Å². The number of carbonyl (C=O) groups is 1. The Hall–Kier alpha value is -2.56. The van der Waals surface area contributed by atoms with E-state index in [2.05, 4.69) is 20.0 Å². The summed E-state index contributed by atoms with van der Waals surface area (Å²) in [6, 6.07) is 7.63. The molecule has 0 aliphatic rings. The van der Waals surface area contributed by atoms with E-state index < -0.39 is 0 Å². The first-order chi connectivity index (χ1) is 8.34. The van der Waals surface area contributed by atoms with Crippen LogP contribution in [-0.2, 0) is 0 Å². The molecule has 0 bridgehead atoms. The molecule has 3 aromatic rings. The van der Waals surface area contributed by atoms with E-state index in [0.717, 1.165) is 10.9 Å². The maximum Gasteiger partial charge on any atom is 0.257 e. The van der Waals surface area contributed by atoms with Crippen LogP contribution in [0.4, 0.5) is 5.69 Å². The fourth-order valence-electron chi connectivity index (χ4n) is 1.72. The number of aromatic amines is 1. The molecule has 2 N–H and O–H groups in total. The van der Waals surface area contributed by atoms with E-state index in [9.17, 15) is 4.79 Å². The van der Waals surface area contributed by atoms with Gasteiger partial charge in [0.1, 0.15) is 12.0 Å². The Morgan fingerprint density at radius 2 is 2.24 bits per heavy atom. The molecular formula is C12H9N3O2. The molecular weight excluding hydrogens is 218 g/mol. The lowest BCUT2D eigenvalue weighted by molar-refractivity contribution is 0.102. The Morgan fingerprint density at radius 3 is 3.06 bits per heavy atom. The van der Waals surface area contributed by atoms with Gasteiger partial charge in [0, 0.05) is 17.1 Å². The monoisotopic (exact) mass is 227 g/mol. The third kappa shape index (κ3) is 1.67. The van der Waals surface area contributed by atoms with Gasteiger partial charge in [0.15, 0.2) is 0 Å². The standard InChI is InChI=1S/C12H9N3O2/c16-12(15-8-5-14-17-7-8)10-6-13-11-4-2-1-3-9(10)11/h1-7,13H,(H,15,16). The van der Waals surface area contributed by atoms with Crippen LogP contribution in [0, 0.1) is 0 Å². The van der Waals surface area contributed by atoms with Crippen LogP contribution in [0.1, 0.15) is 10.4 Å². The fraction of sp³-hybridized carbons (Fsp3) is 0. The van der Waals surface area contributed by atoms with Gasteiger partial charge in [-0.25, -0.2) is 0 Å². The van der Waals surface area contributed by atoms with E-state index in [1.807, 2.05) is 24.3 Å². The highest BCUT2D eigenvalue weighted by molar-refractivity contribution is 6.12. The number of hydrogen-bond acceptors (Lipinski definition) is 3. The number of benzene rings is 1. The van der Waals surface area contributed by atoms with Crippen LogP contribution >= 0.6 is 0 Å². The summed E-state index contributed by atoms with van der Waals surface area (Å²) in [4.78, 5) is 15.0. The third-order valence-electron chi connectivity index (χ3n) is 2.52. The number of para-hydroxylation sites is 1. The molecule has 3 rings (SSSR count). The van der Waals surface area contributed by atoms with Gasteiger partial charge in [-0.05, 0) is 6.07 Å². The summed E-state index contributed by atoms with van der Waals surface area (Å²) in [5, 5.41) is 7.11. The first-order valence-corrected chi connectivity index (χ1v) is 5.11. The first-order valence-electron chi connectivity index (χ1n) is 5.11. The summed E-state index contributed by atoms with van der Waals surface area (Å²) in [6.07, 6.45) is 4.52. The second-order valence-corrected chi connectivity index (χ2v) is 3.62. The number of nitrogens with one attached hydrogen (secondary N) is 2. The van der Waals surface area contributed by atoms with Crippen molar-refractivity contribution >= 4 is 22.5 Å². The van der Waals surface area contributed by atoms with E-state index in [1.54, 1.807) is 6.20 Å². The molecule has 5 heteroatoms. The highest BCUT2D eigenvalue weighted by atomic mass is 16.5. The van der Waals surface area contributed by atoms with Crippen LogP contribution < -0.4 is 5.32 Å². The van der Waals surface area contributed by atoms with Gasteiger partial charge in [-0.3, -0.25) is 4.79 Å². The molecule has 0 atom stereocenters. The number of hydrogen-bond donors (Lipinski definition) is 2. The molecule has 0 saturated heterocycles. The minimum atomic E-state index is -0.189. The zero-order valence-corrected chi connectivity index (χ0v) is 8.81. The summed E-state index contributed by atoms with van der Waals surface area (Å²) in [6.45, 7) is 0. The molecule has 2 heterocycles. The Bertz CT molecular complexity index is 655. The van der Waals surface area contributed by atoms with Crippen molar-refractivity contribution in [3.05, 3.63) is 48.5 Å². The van der Waals surface area contributed by atoms with Crippen LogP contribution in [0.15, 0.2) is 47.4 Å². The molecule has 0 spiro atoms. The van der Waals surface area contributed by atoms with Gasteiger partial charge >= 0.3 is 0 Å². The van der Waals surface area contributed by atoms with Gasteiger partial charge in [-0.2, -0.15) is 0 Å². The van der Waals surface area contributed by atoms with Gasteiger partial charge in [-0.15, -0.1) is 0 Å². The lowest BCUT2D eigenvalue weighted by atomic mass is 10.1. The Balaban J connectivity index is 1.96. The van der Waals surface area contributed by atoms with Crippen molar-refractivity contribution < 1.29 is 9.32 Å². The Kier molecular flexibility index (Phi) is 2.15. The molecule has 0 radical (unpaired) electrons. The van der Waals surface area contributed by atoms with Gasteiger partial charge in [0.25, 0.3) is 5.91 Å². The summed E-state index contributed by atoms with van der Waals surface area (Å²) in [5.74, 6) is -0.189. The number of nitrogens with zero attached hydrogens (tertiary/aromatic N) is 1. The highest BCUT2D eigenvalue weighted by Gasteiger charge is 2.12. The molecule has 0 saturated carbocycles. The van der Waals surface area contributed by atoms with Crippen molar-refractivity contribution in [1.82, 2.24) is 10.1 Å². The van der Waals surface area contributed by atoms with Crippen molar-refractivity contribution in [2.45, 2.75) is 0 Å². The second kappa shape index (κ2) is 3.79. The molecule has 1 aromatic carbocycles. The molecule has 84 valence electrons. The van der Waals surface area contributed by atoms with Crippen LogP contribution in [0.2, 0.25) is 0 Å². The highest BCUT2D eigenvalue weighted by Crippen LogP contribution is 2.18. The average molecular weight is 227 g/mol. The van der Waals surface area contributed by atoms with E-state index in [4.69, 9.17) is 0 Å². The number of amides is 1. The lowest BCUT2D eigenvalue weighted by Crippen LogP contribution is -2.10.